The molecule has 0 aliphatic carbocycles. The van der Waals surface area contributed by atoms with Crippen LogP contribution in [0.3, 0.4) is 0 Å². The first-order valence-corrected chi connectivity index (χ1v) is 11.2. The molecule has 1 heterocycles. The maximum Gasteiger partial charge on any atom is 0.416 e. The summed E-state index contributed by atoms with van der Waals surface area (Å²) in [6.07, 6.45) is -3.14. The Morgan fingerprint density at radius 2 is 1.69 bits per heavy atom. The minimum Gasteiger partial charge on any atom is -0.477 e. The monoisotopic (exact) mass is 514 g/mol. The molecule has 0 saturated heterocycles. The van der Waals surface area contributed by atoms with Gasteiger partial charge in [-0.15, -0.1) is 0 Å². The molecular weight excluding hydrogens is 493 g/mol. The van der Waals surface area contributed by atoms with Crippen molar-refractivity contribution < 1.29 is 27.9 Å². The third kappa shape index (κ3) is 7.31. The van der Waals surface area contributed by atoms with Crippen molar-refractivity contribution in [2.75, 3.05) is 16.4 Å². The number of rotatable bonds is 5. The molecule has 0 fully saturated rings. The smallest absolute Gasteiger partial charge is 0.416 e. The number of carboxylic acid groups (broad SMARTS) is 1. The van der Waals surface area contributed by atoms with E-state index in [1.165, 1.54) is 18.3 Å². The Morgan fingerprint density at radius 3 is 2.31 bits per heavy atom. The molecular formula is C25H21F3N4O3S. The molecule has 0 radical (unpaired) electrons. The minimum absolute atomic E-state index is 0.0658. The lowest BCUT2D eigenvalue weighted by molar-refractivity contribution is -0.137. The number of hydrogen-bond acceptors (Lipinski definition) is 6. The number of carbonyl (C=O) groups excluding carboxylic acids is 1. The number of carbonyl (C=O) groups is 2. The van der Waals surface area contributed by atoms with Gasteiger partial charge in [-0.1, -0.05) is 41.7 Å². The number of para-hydroxylation sites is 1. The van der Waals surface area contributed by atoms with Gasteiger partial charge in [0.15, 0.2) is 5.13 Å². The van der Waals surface area contributed by atoms with Crippen LogP contribution >= 0.6 is 11.3 Å². The number of aromatic nitrogens is 1. The molecule has 0 spiro atoms. The van der Waals surface area contributed by atoms with E-state index in [9.17, 15) is 22.8 Å². The Bertz CT molecular complexity index is 1360. The number of nitrogens with two attached hydrogens (primary N) is 1. The molecule has 0 atom stereocenters. The quantitative estimate of drug-likeness (QED) is 0.228. The Labute approximate surface area is 208 Å². The summed E-state index contributed by atoms with van der Waals surface area (Å²) in [7, 11) is 0. The van der Waals surface area contributed by atoms with Crippen LogP contribution in [0.15, 0.2) is 79.0 Å². The van der Waals surface area contributed by atoms with Gasteiger partial charge in [-0.25, -0.2) is 9.78 Å². The van der Waals surface area contributed by atoms with Crippen molar-refractivity contribution in [1.29, 1.82) is 0 Å². The van der Waals surface area contributed by atoms with Crippen LogP contribution in [0.4, 0.5) is 35.4 Å². The Balaban J connectivity index is 0.000000212. The Morgan fingerprint density at radius 1 is 0.972 bits per heavy atom. The first-order valence-electron chi connectivity index (χ1n) is 10.4. The maximum atomic E-state index is 12.6. The number of amides is 1. The second kappa shape index (κ2) is 11.4. The summed E-state index contributed by atoms with van der Waals surface area (Å²) in [5.74, 6) is -1.57. The number of halogens is 3. The molecule has 3 aromatic carbocycles. The van der Waals surface area contributed by atoms with E-state index in [2.05, 4.69) is 15.6 Å². The van der Waals surface area contributed by atoms with Crippen molar-refractivity contribution in [2.24, 2.45) is 0 Å². The summed E-state index contributed by atoms with van der Waals surface area (Å²) < 4.78 is 37.8. The molecule has 0 aliphatic rings. The molecule has 7 nitrogen and oxygen atoms in total. The van der Waals surface area contributed by atoms with Crippen molar-refractivity contribution in [3.63, 3.8) is 0 Å². The number of anilines is 4. The fourth-order valence-electron chi connectivity index (χ4n) is 2.83. The van der Waals surface area contributed by atoms with E-state index >= 15 is 0 Å². The standard InChI is InChI=1S/C15H13F3N2O.C10H8N2O2S/c1-9-5-6-12(8-13(9)19)20-14(21)10-3-2-4-11(7-10)15(16,17)18;13-9(14)8-6-11-10(15-8)12-7-4-2-1-3-5-7/h2-8H,19H2,1H3,(H,20,21);1-6H,(H,11,12)(H,13,14). The van der Waals surface area contributed by atoms with Crippen LogP contribution < -0.4 is 16.4 Å². The van der Waals surface area contributed by atoms with E-state index < -0.39 is 23.6 Å². The highest BCUT2D eigenvalue weighted by Gasteiger charge is 2.30. The highest BCUT2D eigenvalue weighted by Crippen LogP contribution is 2.30. The molecule has 1 amide bonds. The number of benzene rings is 3. The van der Waals surface area contributed by atoms with E-state index in [-0.39, 0.29) is 10.4 Å². The zero-order valence-electron chi connectivity index (χ0n) is 18.8. The largest absolute Gasteiger partial charge is 0.477 e. The van der Waals surface area contributed by atoms with E-state index in [4.69, 9.17) is 10.8 Å². The van der Waals surface area contributed by atoms with Crippen molar-refractivity contribution in [3.05, 3.63) is 101 Å². The number of hydrogen-bond donors (Lipinski definition) is 4. The number of thiazole rings is 1. The number of aryl methyl sites for hydroxylation is 1. The van der Waals surface area contributed by atoms with E-state index in [1.807, 2.05) is 37.3 Å². The van der Waals surface area contributed by atoms with Gasteiger partial charge in [-0.05, 0) is 55.0 Å². The number of carboxylic acids is 1. The van der Waals surface area contributed by atoms with Crippen LogP contribution in [0.25, 0.3) is 0 Å². The molecule has 36 heavy (non-hydrogen) atoms. The minimum atomic E-state index is -4.48. The van der Waals surface area contributed by atoms with E-state index in [0.717, 1.165) is 34.7 Å². The number of nitrogens with one attached hydrogen (secondary N) is 2. The summed E-state index contributed by atoms with van der Waals surface area (Å²) in [5.41, 5.74) is 7.46. The van der Waals surface area contributed by atoms with E-state index in [1.54, 1.807) is 18.2 Å². The average molecular weight is 515 g/mol. The topological polar surface area (TPSA) is 117 Å². The maximum absolute atomic E-state index is 12.6. The van der Waals surface area contributed by atoms with Gasteiger partial charge in [0.25, 0.3) is 5.91 Å². The number of nitrogen functional groups attached to an aromatic ring is 1. The SMILES string of the molecule is Cc1ccc(NC(=O)c2cccc(C(F)(F)F)c2)cc1N.O=C(O)c1cnc(Nc2ccccc2)s1. The predicted molar refractivity (Wildman–Crippen MR) is 134 cm³/mol. The lowest BCUT2D eigenvalue weighted by Gasteiger charge is -2.10. The second-order valence-electron chi connectivity index (χ2n) is 7.43. The van der Waals surface area contributed by atoms with Crippen LogP contribution in [0, 0.1) is 6.92 Å². The van der Waals surface area contributed by atoms with Gasteiger partial charge in [-0.2, -0.15) is 13.2 Å². The fourth-order valence-corrected chi connectivity index (χ4v) is 3.51. The van der Waals surface area contributed by atoms with Crippen molar-refractivity contribution in [2.45, 2.75) is 13.1 Å². The van der Waals surface area contributed by atoms with Gasteiger partial charge in [0, 0.05) is 22.6 Å². The van der Waals surface area contributed by atoms with Crippen LogP contribution in [0.1, 0.15) is 31.2 Å². The lowest BCUT2D eigenvalue weighted by Crippen LogP contribution is -2.14. The predicted octanol–water partition coefficient (Wildman–Crippen LogP) is 6.43. The first kappa shape index (κ1) is 26.2. The van der Waals surface area contributed by atoms with Crippen molar-refractivity contribution in [3.8, 4) is 0 Å². The summed E-state index contributed by atoms with van der Waals surface area (Å²) >= 11 is 1.11. The van der Waals surface area contributed by atoms with Gasteiger partial charge in [0.1, 0.15) is 4.88 Å². The van der Waals surface area contributed by atoms with Gasteiger partial charge in [0.05, 0.1) is 11.8 Å². The van der Waals surface area contributed by atoms with Gasteiger partial charge >= 0.3 is 12.1 Å². The molecule has 0 bridgehead atoms. The molecule has 1 aromatic heterocycles. The van der Waals surface area contributed by atoms with Gasteiger partial charge in [0.2, 0.25) is 0 Å². The zero-order chi connectivity index (χ0) is 26.3. The second-order valence-corrected chi connectivity index (χ2v) is 8.46. The highest BCUT2D eigenvalue weighted by atomic mass is 32.1. The third-order valence-corrected chi connectivity index (χ3v) is 5.63. The Hall–Kier alpha value is -4.38. The van der Waals surface area contributed by atoms with E-state index in [0.29, 0.717) is 16.5 Å². The molecule has 4 aromatic rings. The third-order valence-electron chi connectivity index (χ3n) is 4.73. The summed E-state index contributed by atoms with van der Waals surface area (Å²) in [5, 5.41) is 14.8. The van der Waals surface area contributed by atoms with Crippen LogP contribution in [0.2, 0.25) is 0 Å². The summed E-state index contributed by atoms with van der Waals surface area (Å²) in [6, 6.07) is 18.6. The molecule has 0 unspecified atom stereocenters. The normalized spacial score (nSPS) is 10.7. The average Bonchev–Trinajstić information content (AvgIpc) is 3.31. The fraction of sp³-hybridized carbons (Fsp3) is 0.0800. The summed E-state index contributed by atoms with van der Waals surface area (Å²) in [4.78, 5) is 26.8. The molecule has 0 aliphatic heterocycles. The molecule has 11 heteroatoms. The summed E-state index contributed by atoms with van der Waals surface area (Å²) in [6.45, 7) is 1.81. The van der Waals surface area contributed by atoms with Crippen molar-refractivity contribution >= 4 is 45.4 Å². The number of aromatic carboxylic acids is 1. The van der Waals surface area contributed by atoms with Gasteiger partial charge < -0.3 is 21.5 Å². The van der Waals surface area contributed by atoms with Crippen LogP contribution in [-0.4, -0.2) is 22.0 Å². The lowest BCUT2D eigenvalue weighted by atomic mass is 10.1. The van der Waals surface area contributed by atoms with Gasteiger partial charge in [-0.3, -0.25) is 4.79 Å². The molecule has 4 rings (SSSR count). The number of nitrogens with zero attached hydrogens (tertiary/aromatic N) is 1. The van der Waals surface area contributed by atoms with Crippen LogP contribution in [-0.2, 0) is 6.18 Å². The Kier molecular flexibility index (Phi) is 8.28. The molecule has 5 N–H and O–H groups in total. The number of alkyl halides is 3. The van der Waals surface area contributed by atoms with Crippen molar-refractivity contribution in [1.82, 2.24) is 4.98 Å². The zero-order valence-corrected chi connectivity index (χ0v) is 19.7. The molecule has 186 valence electrons. The molecule has 0 saturated carbocycles. The highest BCUT2D eigenvalue weighted by molar-refractivity contribution is 7.17. The van der Waals surface area contributed by atoms with Crippen LogP contribution in [0.5, 0.6) is 0 Å². The first-order chi connectivity index (χ1) is 17.0.